The summed E-state index contributed by atoms with van der Waals surface area (Å²) in [6.45, 7) is 2.74. The second-order valence-corrected chi connectivity index (χ2v) is 6.62. The van der Waals surface area contributed by atoms with Gasteiger partial charge < -0.3 is 10.1 Å². The number of rotatable bonds is 3. The van der Waals surface area contributed by atoms with Crippen molar-refractivity contribution in [3.8, 4) is 17.0 Å². The third kappa shape index (κ3) is 3.44. The number of ether oxygens (including phenoxy) is 1. The second-order valence-electron chi connectivity index (χ2n) is 6.19. The number of halogens is 1. The maximum atomic E-state index is 6.13. The van der Waals surface area contributed by atoms with E-state index in [0.717, 1.165) is 34.8 Å². The summed E-state index contributed by atoms with van der Waals surface area (Å²) in [5.74, 6) is 1.62. The number of hydrogen-bond donors (Lipinski definition) is 1. The van der Waals surface area contributed by atoms with Crippen LogP contribution in [-0.2, 0) is 0 Å². The summed E-state index contributed by atoms with van der Waals surface area (Å²) < 4.78 is 5.70. The number of aryl methyl sites for hydroxylation is 1. The molecule has 1 aliphatic rings. The Kier molecular flexibility index (Phi) is 4.28. The molecule has 4 nitrogen and oxygen atoms in total. The predicted molar refractivity (Wildman–Crippen MR) is 100 cm³/mol. The van der Waals surface area contributed by atoms with Gasteiger partial charge >= 0.3 is 0 Å². The fraction of sp³-hybridized carbons (Fsp3) is 0.200. The molecule has 25 heavy (non-hydrogen) atoms. The van der Waals surface area contributed by atoms with Gasteiger partial charge in [0.1, 0.15) is 11.6 Å². The highest BCUT2D eigenvalue weighted by Gasteiger charge is 2.22. The van der Waals surface area contributed by atoms with Crippen LogP contribution in [0.3, 0.4) is 0 Å². The Balaban J connectivity index is 1.54. The molecule has 2 aromatic carbocycles. The van der Waals surface area contributed by atoms with Crippen LogP contribution in [0.1, 0.15) is 23.6 Å². The average molecular weight is 352 g/mol. The van der Waals surface area contributed by atoms with E-state index < -0.39 is 0 Å². The minimum Gasteiger partial charge on any atom is -0.493 e. The number of fused-ring (bicyclic) bond motifs is 1. The van der Waals surface area contributed by atoms with Crippen LogP contribution in [0.25, 0.3) is 11.3 Å². The fourth-order valence-electron chi connectivity index (χ4n) is 2.98. The van der Waals surface area contributed by atoms with Crippen molar-refractivity contribution in [1.29, 1.82) is 0 Å². The lowest BCUT2D eigenvalue weighted by Crippen LogP contribution is -2.21. The van der Waals surface area contributed by atoms with Crippen molar-refractivity contribution in [3.05, 3.63) is 70.7 Å². The van der Waals surface area contributed by atoms with Gasteiger partial charge in [-0.3, -0.25) is 0 Å². The van der Waals surface area contributed by atoms with Crippen LogP contribution in [-0.4, -0.2) is 16.8 Å². The number of aromatic nitrogens is 2. The van der Waals surface area contributed by atoms with Gasteiger partial charge in [0.25, 0.3) is 0 Å². The van der Waals surface area contributed by atoms with Gasteiger partial charge in [0, 0.05) is 22.6 Å². The maximum absolute atomic E-state index is 6.13. The van der Waals surface area contributed by atoms with Crippen molar-refractivity contribution in [1.82, 2.24) is 10.2 Å². The van der Waals surface area contributed by atoms with E-state index in [0.29, 0.717) is 11.6 Å². The molecule has 0 amide bonds. The van der Waals surface area contributed by atoms with Crippen LogP contribution in [0.15, 0.2) is 54.6 Å². The molecule has 1 aromatic heterocycles. The summed E-state index contributed by atoms with van der Waals surface area (Å²) in [5.41, 5.74) is 4.21. The molecule has 0 bridgehead atoms. The topological polar surface area (TPSA) is 47.0 Å². The van der Waals surface area contributed by atoms with Gasteiger partial charge in [-0.2, -0.15) is 0 Å². The van der Waals surface area contributed by atoms with Crippen molar-refractivity contribution in [2.45, 2.75) is 19.4 Å². The number of benzene rings is 2. The van der Waals surface area contributed by atoms with Gasteiger partial charge in [0.15, 0.2) is 0 Å². The lowest BCUT2D eigenvalue weighted by atomic mass is 10.0. The first-order chi connectivity index (χ1) is 12.2. The Bertz CT molecular complexity index is 878. The van der Waals surface area contributed by atoms with Crippen molar-refractivity contribution in [2.24, 2.45) is 0 Å². The lowest BCUT2D eigenvalue weighted by molar-refractivity contribution is 0.274. The average Bonchev–Trinajstić information content (AvgIpc) is 2.64. The van der Waals surface area contributed by atoms with Crippen LogP contribution in [0, 0.1) is 6.92 Å². The maximum Gasteiger partial charge on any atom is 0.149 e. The van der Waals surface area contributed by atoms with E-state index in [-0.39, 0.29) is 6.04 Å². The number of nitrogens with one attached hydrogen (secondary N) is 1. The van der Waals surface area contributed by atoms with Crippen molar-refractivity contribution >= 4 is 17.4 Å². The van der Waals surface area contributed by atoms with Gasteiger partial charge in [-0.25, -0.2) is 0 Å². The molecule has 2 heterocycles. The zero-order valence-electron chi connectivity index (χ0n) is 13.9. The highest BCUT2D eigenvalue weighted by atomic mass is 35.5. The van der Waals surface area contributed by atoms with Crippen molar-refractivity contribution in [3.63, 3.8) is 0 Å². The Morgan fingerprint density at radius 2 is 1.88 bits per heavy atom. The van der Waals surface area contributed by atoms with Gasteiger partial charge in [-0.05, 0) is 37.3 Å². The molecule has 4 rings (SSSR count). The zero-order valence-corrected chi connectivity index (χ0v) is 14.6. The molecule has 0 spiro atoms. The predicted octanol–water partition coefficient (Wildman–Crippen LogP) is 5.04. The first-order valence-electron chi connectivity index (χ1n) is 8.28. The van der Waals surface area contributed by atoms with E-state index in [1.165, 1.54) is 5.56 Å². The molecule has 3 aromatic rings. The molecular formula is C20H18ClN3O. The normalized spacial score (nSPS) is 16.0. The first kappa shape index (κ1) is 15.9. The summed E-state index contributed by atoms with van der Waals surface area (Å²) in [6.07, 6.45) is 0.856. The molecule has 0 aliphatic carbocycles. The fourth-order valence-corrected chi connectivity index (χ4v) is 3.16. The Morgan fingerprint density at radius 3 is 2.64 bits per heavy atom. The Hall–Kier alpha value is -2.59. The molecule has 0 fully saturated rings. The Labute approximate surface area is 151 Å². The molecule has 1 unspecified atom stereocenters. The molecule has 0 saturated heterocycles. The molecular weight excluding hydrogens is 334 g/mol. The van der Waals surface area contributed by atoms with E-state index in [2.05, 4.69) is 46.7 Å². The van der Waals surface area contributed by atoms with Gasteiger partial charge in [0.05, 0.1) is 18.3 Å². The van der Waals surface area contributed by atoms with E-state index in [1.54, 1.807) is 0 Å². The largest absolute Gasteiger partial charge is 0.493 e. The highest BCUT2D eigenvalue weighted by molar-refractivity contribution is 6.30. The SMILES string of the molecule is Cc1ccc(-c2ccc(NC3CCOc4ccc(Cl)cc43)nn2)cc1. The third-order valence-corrected chi connectivity index (χ3v) is 4.58. The number of anilines is 1. The smallest absolute Gasteiger partial charge is 0.149 e. The number of hydrogen-bond acceptors (Lipinski definition) is 4. The summed E-state index contributed by atoms with van der Waals surface area (Å²) in [5, 5.41) is 12.8. The zero-order chi connectivity index (χ0) is 17.2. The van der Waals surface area contributed by atoms with E-state index in [1.807, 2.05) is 30.3 Å². The van der Waals surface area contributed by atoms with Gasteiger partial charge in [-0.1, -0.05) is 41.4 Å². The summed E-state index contributed by atoms with van der Waals surface area (Å²) in [4.78, 5) is 0. The molecule has 5 heteroatoms. The standard InChI is InChI=1S/C20H18ClN3O/c1-13-2-4-14(5-3-13)17-7-9-20(24-23-17)22-18-10-11-25-19-8-6-15(21)12-16(18)19/h2-9,12,18H,10-11H2,1H3,(H,22,24). The molecule has 126 valence electrons. The van der Waals surface area contributed by atoms with Crippen LogP contribution >= 0.6 is 11.6 Å². The molecule has 0 saturated carbocycles. The van der Waals surface area contributed by atoms with Crippen LogP contribution in [0.4, 0.5) is 5.82 Å². The molecule has 1 atom stereocenters. The summed E-state index contributed by atoms with van der Waals surface area (Å²) in [7, 11) is 0. The third-order valence-electron chi connectivity index (χ3n) is 4.35. The Morgan fingerprint density at radius 1 is 1.04 bits per heavy atom. The van der Waals surface area contributed by atoms with Crippen molar-refractivity contribution in [2.75, 3.05) is 11.9 Å². The van der Waals surface area contributed by atoms with E-state index >= 15 is 0 Å². The van der Waals surface area contributed by atoms with Crippen LogP contribution in [0.2, 0.25) is 5.02 Å². The lowest BCUT2D eigenvalue weighted by Gasteiger charge is -2.27. The van der Waals surface area contributed by atoms with Crippen LogP contribution < -0.4 is 10.1 Å². The monoisotopic (exact) mass is 351 g/mol. The first-order valence-corrected chi connectivity index (χ1v) is 8.66. The van der Waals surface area contributed by atoms with Gasteiger partial charge in [0.2, 0.25) is 0 Å². The van der Waals surface area contributed by atoms with Crippen LogP contribution in [0.5, 0.6) is 5.75 Å². The number of nitrogens with zero attached hydrogens (tertiary/aromatic N) is 2. The molecule has 1 aliphatic heterocycles. The van der Waals surface area contributed by atoms with E-state index in [4.69, 9.17) is 16.3 Å². The second kappa shape index (κ2) is 6.73. The summed E-state index contributed by atoms with van der Waals surface area (Å²) >= 11 is 6.13. The quantitative estimate of drug-likeness (QED) is 0.718. The van der Waals surface area contributed by atoms with Crippen molar-refractivity contribution < 1.29 is 4.74 Å². The summed E-state index contributed by atoms with van der Waals surface area (Å²) in [6, 6.07) is 18.0. The highest BCUT2D eigenvalue weighted by Crippen LogP contribution is 2.35. The minimum atomic E-state index is 0.113. The van der Waals surface area contributed by atoms with Gasteiger partial charge in [-0.15, -0.1) is 10.2 Å². The molecule has 1 N–H and O–H groups in total. The van der Waals surface area contributed by atoms with E-state index in [9.17, 15) is 0 Å². The molecule has 0 radical (unpaired) electrons. The minimum absolute atomic E-state index is 0.113.